The van der Waals surface area contributed by atoms with Gasteiger partial charge in [-0.25, -0.2) is 0 Å². The highest BCUT2D eigenvalue weighted by atomic mass is 79.9. The van der Waals surface area contributed by atoms with Crippen molar-refractivity contribution in [3.8, 4) is 0 Å². The molecule has 0 aromatic heterocycles. The topological polar surface area (TPSA) is 12.0 Å². The number of hydrogen-bond donors (Lipinski definition) is 1. The number of aryl methyl sites for hydroxylation is 3. The molecule has 0 heterocycles. The largest absolute Gasteiger partial charge is 0.313 e. The predicted molar refractivity (Wildman–Crippen MR) is 90.3 cm³/mol. The Morgan fingerprint density at radius 3 is 2.25 bits per heavy atom. The lowest BCUT2D eigenvalue weighted by Gasteiger charge is -2.20. The van der Waals surface area contributed by atoms with Gasteiger partial charge in [0.25, 0.3) is 0 Å². The number of likely N-dealkylation sites (N-methyl/N-ethyl adjacent to an activating group) is 1. The number of halogens is 1. The van der Waals surface area contributed by atoms with Crippen LogP contribution in [0.4, 0.5) is 0 Å². The first-order chi connectivity index (χ1) is 9.51. The van der Waals surface area contributed by atoms with Crippen LogP contribution in [-0.2, 0) is 6.42 Å². The third-order valence-electron chi connectivity index (χ3n) is 3.87. The molecule has 0 bridgehead atoms. The highest BCUT2D eigenvalue weighted by Gasteiger charge is 2.13. The average molecular weight is 332 g/mol. The molecule has 1 atom stereocenters. The lowest BCUT2D eigenvalue weighted by atomic mass is 9.92. The van der Waals surface area contributed by atoms with Crippen molar-refractivity contribution in [2.75, 3.05) is 7.05 Å². The van der Waals surface area contributed by atoms with Gasteiger partial charge in [0.15, 0.2) is 0 Å². The normalized spacial score (nSPS) is 12.4. The number of rotatable bonds is 4. The van der Waals surface area contributed by atoms with Crippen LogP contribution in [0.25, 0.3) is 0 Å². The highest BCUT2D eigenvalue weighted by molar-refractivity contribution is 9.10. The van der Waals surface area contributed by atoms with Crippen LogP contribution in [0.5, 0.6) is 0 Å². The van der Waals surface area contributed by atoms with E-state index in [2.05, 4.69) is 78.4 Å². The van der Waals surface area contributed by atoms with E-state index in [-0.39, 0.29) is 0 Å². The molecule has 20 heavy (non-hydrogen) atoms. The maximum absolute atomic E-state index is 3.60. The monoisotopic (exact) mass is 331 g/mol. The van der Waals surface area contributed by atoms with Crippen molar-refractivity contribution in [3.63, 3.8) is 0 Å². The van der Waals surface area contributed by atoms with E-state index in [1.165, 1.54) is 27.8 Å². The average Bonchev–Trinajstić information content (AvgIpc) is 2.37. The van der Waals surface area contributed by atoms with Gasteiger partial charge in [0.2, 0.25) is 0 Å². The molecule has 0 saturated carbocycles. The fourth-order valence-corrected chi connectivity index (χ4v) is 3.35. The third kappa shape index (κ3) is 3.50. The van der Waals surface area contributed by atoms with Gasteiger partial charge in [-0.1, -0.05) is 40.2 Å². The van der Waals surface area contributed by atoms with E-state index in [4.69, 9.17) is 0 Å². The van der Waals surface area contributed by atoms with Crippen molar-refractivity contribution in [2.45, 2.75) is 33.2 Å². The van der Waals surface area contributed by atoms with Crippen LogP contribution in [0.2, 0.25) is 0 Å². The van der Waals surface area contributed by atoms with Crippen molar-refractivity contribution in [2.24, 2.45) is 0 Å². The lowest BCUT2D eigenvalue weighted by Crippen LogP contribution is -2.20. The van der Waals surface area contributed by atoms with Crippen molar-refractivity contribution in [1.82, 2.24) is 5.32 Å². The van der Waals surface area contributed by atoms with Crippen molar-refractivity contribution in [3.05, 3.63) is 68.7 Å². The molecular weight excluding hydrogens is 310 g/mol. The van der Waals surface area contributed by atoms with Crippen LogP contribution >= 0.6 is 15.9 Å². The quantitative estimate of drug-likeness (QED) is 0.842. The first-order valence-electron chi connectivity index (χ1n) is 7.00. The summed E-state index contributed by atoms with van der Waals surface area (Å²) in [6.45, 7) is 6.53. The summed E-state index contributed by atoms with van der Waals surface area (Å²) in [5, 5.41) is 3.45. The number of nitrogens with one attached hydrogen (secondary N) is 1. The van der Waals surface area contributed by atoms with Gasteiger partial charge in [0, 0.05) is 10.5 Å². The summed E-state index contributed by atoms with van der Waals surface area (Å²) in [5.74, 6) is 0. The van der Waals surface area contributed by atoms with E-state index in [1.54, 1.807) is 0 Å². The van der Waals surface area contributed by atoms with Crippen LogP contribution in [0.3, 0.4) is 0 Å². The molecule has 0 radical (unpaired) electrons. The standard InChI is InChI=1S/C18H22BrN/c1-12-8-15(10-16(19)9-12)18(20-4)11-17-13(2)6-5-7-14(17)3/h5-10,18,20H,11H2,1-4H3. The molecule has 0 fully saturated rings. The first-order valence-corrected chi connectivity index (χ1v) is 7.80. The Hall–Kier alpha value is -1.12. The first kappa shape index (κ1) is 15.3. The predicted octanol–water partition coefficient (Wildman–Crippen LogP) is 4.88. The zero-order valence-corrected chi connectivity index (χ0v) is 14.2. The summed E-state index contributed by atoms with van der Waals surface area (Å²) < 4.78 is 1.15. The second-order valence-electron chi connectivity index (χ2n) is 5.48. The smallest absolute Gasteiger partial charge is 0.0359 e. The van der Waals surface area contributed by atoms with Crippen LogP contribution < -0.4 is 5.32 Å². The van der Waals surface area contributed by atoms with Crippen LogP contribution in [0.1, 0.15) is 33.9 Å². The van der Waals surface area contributed by atoms with E-state index in [0.717, 1.165) is 10.9 Å². The zero-order valence-electron chi connectivity index (χ0n) is 12.6. The van der Waals surface area contributed by atoms with Gasteiger partial charge in [-0.15, -0.1) is 0 Å². The Morgan fingerprint density at radius 2 is 1.70 bits per heavy atom. The van der Waals surface area contributed by atoms with E-state index in [1.807, 2.05) is 7.05 Å². The van der Waals surface area contributed by atoms with Crippen LogP contribution in [0, 0.1) is 20.8 Å². The molecular formula is C18H22BrN. The van der Waals surface area contributed by atoms with Crippen molar-refractivity contribution < 1.29 is 0 Å². The highest BCUT2D eigenvalue weighted by Crippen LogP contribution is 2.26. The Labute approximate surface area is 130 Å². The zero-order chi connectivity index (χ0) is 14.7. The van der Waals surface area contributed by atoms with E-state index in [9.17, 15) is 0 Å². The maximum atomic E-state index is 3.60. The van der Waals surface area contributed by atoms with E-state index >= 15 is 0 Å². The van der Waals surface area contributed by atoms with Crippen LogP contribution in [-0.4, -0.2) is 7.05 Å². The molecule has 106 valence electrons. The summed E-state index contributed by atoms with van der Waals surface area (Å²) in [6.07, 6.45) is 1.02. The second kappa shape index (κ2) is 6.55. The lowest BCUT2D eigenvalue weighted by molar-refractivity contribution is 0.588. The number of hydrogen-bond acceptors (Lipinski definition) is 1. The molecule has 0 aliphatic rings. The molecule has 2 rings (SSSR count). The second-order valence-corrected chi connectivity index (χ2v) is 6.39. The fourth-order valence-electron chi connectivity index (χ4n) is 2.73. The van der Waals surface area contributed by atoms with Gasteiger partial charge in [-0.05, 0) is 74.2 Å². The minimum absolute atomic E-state index is 0.339. The summed E-state index contributed by atoms with van der Waals surface area (Å²) in [7, 11) is 2.04. The Balaban J connectivity index is 2.33. The Kier molecular flexibility index (Phi) is 5.00. The van der Waals surface area contributed by atoms with Gasteiger partial charge in [0.05, 0.1) is 0 Å². The molecule has 0 aliphatic carbocycles. The third-order valence-corrected chi connectivity index (χ3v) is 4.33. The Morgan fingerprint density at radius 1 is 1.05 bits per heavy atom. The van der Waals surface area contributed by atoms with Gasteiger partial charge in [-0.2, -0.15) is 0 Å². The van der Waals surface area contributed by atoms with Gasteiger partial charge < -0.3 is 5.32 Å². The maximum Gasteiger partial charge on any atom is 0.0359 e. The van der Waals surface area contributed by atoms with Crippen molar-refractivity contribution in [1.29, 1.82) is 0 Å². The molecule has 1 nitrogen and oxygen atoms in total. The molecule has 0 amide bonds. The minimum Gasteiger partial charge on any atom is -0.313 e. The fraction of sp³-hybridized carbons (Fsp3) is 0.333. The van der Waals surface area contributed by atoms with Crippen molar-refractivity contribution >= 4 is 15.9 Å². The molecule has 0 aliphatic heterocycles. The van der Waals surface area contributed by atoms with Gasteiger partial charge >= 0.3 is 0 Å². The van der Waals surface area contributed by atoms with Gasteiger partial charge in [0.1, 0.15) is 0 Å². The molecule has 0 saturated heterocycles. The summed E-state index contributed by atoms with van der Waals surface area (Å²) in [6, 6.07) is 13.5. The molecule has 0 spiro atoms. The van der Waals surface area contributed by atoms with E-state index < -0.39 is 0 Å². The minimum atomic E-state index is 0.339. The molecule has 2 aromatic carbocycles. The summed E-state index contributed by atoms with van der Waals surface area (Å²) >= 11 is 3.60. The Bertz CT molecular complexity index is 564. The molecule has 2 heteroatoms. The van der Waals surface area contributed by atoms with Crippen LogP contribution in [0.15, 0.2) is 40.9 Å². The molecule has 2 aromatic rings. The summed E-state index contributed by atoms with van der Waals surface area (Å²) in [4.78, 5) is 0. The summed E-state index contributed by atoms with van der Waals surface area (Å²) in [5.41, 5.74) is 6.82. The van der Waals surface area contributed by atoms with Gasteiger partial charge in [-0.3, -0.25) is 0 Å². The number of benzene rings is 2. The van der Waals surface area contributed by atoms with E-state index in [0.29, 0.717) is 6.04 Å². The molecule has 1 unspecified atom stereocenters. The molecule has 1 N–H and O–H groups in total. The SMILES string of the molecule is CNC(Cc1c(C)cccc1C)c1cc(C)cc(Br)c1.